The van der Waals surface area contributed by atoms with E-state index in [9.17, 15) is 32.8 Å². The number of unbranched alkanes of at least 4 members (excludes halogenated alkanes) is 10. The predicted octanol–water partition coefficient (Wildman–Crippen LogP) is 8.00. The molecule has 0 radical (unpaired) electrons. The van der Waals surface area contributed by atoms with Crippen LogP contribution in [0.25, 0.3) is 0 Å². The van der Waals surface area contributed by atoms with Gasteiger partial charge < -0.3 is 34.4 Å². The smallest absolute Gasteiger partial charge is 0.315 e. The Balaban J connectivity index is 1.28. The van der Waals surface area contributed by atoms with Crippen LogP contribution in [0.1, 0.15) is 142 Å². The highest BCUT2D eigenvalue weighted by Gasteiger charge is 2.40. The highest BCUT2D eigenvalue weighted by Crippen LogP contribution is 2.32. The van der Waals surface area contributed by atoms with Gasteiger partial charge in [0, 0.05) is 61.9 Å². The molecule has 0 fully saturated rings. The zero-order valence-corrected chi connectivity index (χ0v) is 34.9. The van der Waals surface area contributed by atoms with Gasteiger partial charge in [-0.25, -0.2) is 8.78 Å². The number of carbonyl (C=O) groups is 4. The van der Waals surface area contributed by atoms with E-state index in [0.717, 1.165) is 25.3 Å². The van der Waals surface area contributed by atoms with E-state index < -0.39 is 52.2 Å². The van der Waals surface area contributed by atoms with Crippen LogP contribution in [-0.4, -0.2) is 65.4 Å². The number of esters is 1. The summed E-state index contributed by atoms with van der Waals surface area (Å²) in [6, 6.07) is 8.51. The van der Waals surface area contributed by atoms with Crippen LogP contribution in [0.3, 0.4) is 0 Å². The second-order valence-electron chi connectivity index (χ2n) is 15.5. The second-order valence-corrected chi connectivity index (χ2v) is 15.5. The first-order valence-corrected chi connectivity index (χ1v) is 21.1. The first-order valence-electron chi connectivity index (χ1n) is 21.1. The molecule has 324 valence electrons. The number of hydrogen-bond acceptors (Lipinski definition) is 9. The number of ether oxygens (including phenoxy) is 2. The third-order valence-electron chi connectivity index (χ3n) is 10.9. The number of rotatable bonds is 19. The molecule has 60 heavy (non-hydrogen) atoms. The van der Waals surface area contributed by atoms with Gasteiger partial charge in [-0.2, -0.15) is 0 Å². The Bertz CT molecular complexity index is 2050. The summed E-state index contributed by atoms with van der Waals surface area (Å²) in [6.07, 6.45) is 14.9. The number of carbonyl (C=O) groups excluding carboxylic acids is 4. The molecule has 13 nitrogen and oxygen atoms in total. The van der Waals surface area contributed by atoms with Crippen molar-refractivity contribution in [3.05, 3.63) is 92.9 Å². The zero-order valence-electron chi connectivity index (χ0n) is 34.9. The summed E-state index contributed by atoms with van der Waals surface area (Å²) >= 11 is 0. The Hall–Kier alpha value is -5.60. The SMILES string of the molecule is CCCCCCCCCCCCCC(=O)Nc1ccc(CC(=O)Oc2c3n(cc(C(=O)NCc4ccc(F)cc4F)c2=O)[C@H]2C/C(OC)=N\OCC[C@H](C)N(C2)C3=O)cc1. The molecule has 0 aliphatic carbocycles. The molecule has 3 heterocycles. The molecule has 2 aliphatic rings. The molecule has 3 amide bonds. The molecule has 0 saturated carbocycles. The van der Waals surface area contributed by atoms with Crippen molar-refractivity contribution in [1.82, 2.24) is 14.8 Å². The van der Waals surface area contributed by atoms with Crippen LogP contribution in [0.4, 0.5) is 14.5 Å². The van der Waals surface area contributed by atoms with Gasteiger partial charge in [-0.05, 0) is 37.1 Å². The minimum absolute atomic E-state index is 0.0301. The summed E-state index contributed by atoms with van der Waals surface area (Å²) in [5, 5.41) is 9.44. The van der Waals surface area contributed by atoms with Gasteiger partial charge in [0.05, 0.1) is 19.6 Å². The van der Waals surface area contributed by atoms with Crippen LogP contribution >= 0.6 is 0 Å². The van der Waals surface area contributed by atoms with Crippen LogP contribution in [0.2, 0.25) is 0 Å². The maximum absolute atomic E-state index is 14.4. The summed E-state index contributed by atoms with van der Waals surface area (Å²) < 4.78 is 40.5. The lowest BCUT2D eigenvalue weighted by Gasteiger charge is -2.40. The minimum atomic E-state index is -1.03. The average Bonchev–Trinajstić information content (AvgIpc) is 3.22. The Labute approximate surface area is 349 Å². The number of amides is 3. The van der Waals surface area contributed by atoms with E-state index >= 15 is 0 Å². The quantitative estimate of drug-likeness (QED) is 0.0909. The van der Waals surface area contributed by atoms with Crippen LogP contribution in [-0.2, 0) is 32.1 Å². The summed E-state index contributed by atoms with van der Waals surface area (Å²) in [6.45, 7) is 3.99. The number of methoxy groups -OCH3 is 1. The van der Waals surface area contributed by atoms with Crippen molar-refractivity contribution in [2.24, 2.45) is 5.16 Å². The monoisotopic (exact) mass is 833 g/mol. The van der Waals surface area contributed by atoms with Gasteiger partial charge >= 0.3 is 5.97 Å². The topological polar surface area (TPSA) is 158 Å². The Morgan fingerprint density at radius 2 is 1.62 bits per heavy atom. The van der Waals surface area contributed by atoms with Crippen LogP contribution < -0.4 is 20.8 Å². The van der Waals surface area contributed by atoms with E-state index in [1.807, 2.05) is 6.92 Å². The van der Waals surface area contributed by atoms with Crippen molar-refractivity contribution in [1.29, 1.82) is 0 Å². The number of pyridine rings is 1. The van der Waals surface area contributed by atoms with Crippen LogP contribution in [0, 0.1) is 11.6 Å². The average molecular weight is 834 g/mol. The van der Waals surface area contributed by atoms with Gasteiger partial charge in [0.1, 0.15) is 23.8 Å². The summed E-state index contributed by atoms with van der Waals surface area (Å²) in [7, 11) is 1.41. The molecule has 5 rings (SSSR count). The van der Waals surface area contributed by atoms with E-state index in [0.29, 0.717) is 30.2 Å². The first kappa shape index (κ1) is 45.5. The van der Waals surface area contributed by atoms with Gasteiger partial charge in [0.2, 0.25) is 23.0 Å². The van der Waals surface area contributed by atoms with E-state index in [-0.39, 0.29) is 61.6 Å². The fraction of sp³-hybridized carbons (Fsp3) is 0.511. The molecule has 2 N–H and O–H groups in total. The van der Waals surface area contributed by atoms with Crippen LogP contribution in [0.5, 0.6) is 5.75 Å². The third kappa shape index (κ3) is 12.7. The number of anilines is 1. The number of nitrogens with zero attached hydrogens (tertiary/aromatic N) is 3. The van der Waals surface area contributed by atoms with Crippen molar-refractivity contribution >= 4 is 35.3 Å². The second kappa shape index (κ2) is 22.7. The van der Waals surface area contributed by atoms with Gasteiger partial charge in [-0.1, -0.05) is 94.5 Å². The number of hydrogen-bond donors (Lipinski definition) is 2. The Morgan fingerprint density at radius 3 is 2.28 bits per heavy atom. The van der Waals surface area contributed by atoms with Gasteiger partial charge in [0.15, 0.2) is 5.69 Å². The molecule has 2 bridgehead atoms. The largest absolute Gasteiger partial charge is 0.482 e. The van der Waals surface area contributed by atoms with E-state index in [1.165, 1.54) is 75.3 Å². The number of fused-ring (bicyclic) bond motifs is 4. The molecular weight excluding hydrogens is 777 g/mol. The fourth-order valence-electron chi connectivity index (χ4n) is 7.43. The third-order valence-corrected chi connectivity index (χ3v) is 10.9. The number of halogens is 2. The molecule has 0 spiro atoms. The minimum Gasteiger partial charge on any atom is -0.482 e. The number of aromatic nitrogens is 1. The molecule has 15 heteroatoms. The molecule has 2 atom stereocenters. The Kier molecular flexibility index (Phi) is 17.2. The summed E-state index contributed by atoms with van der Waals surface area (Å²) in [5.41, 5.74) is -0.691. The van der Waals surface area contributed by atoms with Gasteiger partial charge in [-0.15, -0.1) is 0 Å². The lowest BCUT2D eigenvalue weighted by molar-refractivity contribution is -0.133. The number of oxime groups is 1. The van der Waals surface area contributed by atoms with Gasteiger partial charge in [-0.3, -0.25) is 24.0 Å². The van der Waals surface area contributed by atoms with Crippen molar-refractivity contribution in [2.75, 3.05) is 25.6 Å². The highest BCUT2D eigenvalue weighted by molar-refractivity contribution is 6.00. The number of benzene rings is 2. The summed E-state index contributed by atoms with van der Waals surface area (Å²) in [5.74, 6) is -4.63. The Morgan fingerprint density at radius 1 is 0.933 bits per heavy atom. The van der Waals surface area contributed by atoms with E-state index in [4.69, 9.17) is 14.3 Å². The van der Waals surface area contributed by atoms with Crippen LogP contribution in [0.15, 0.2) is 58.6 Å². The van der Waals surface area contributed by atoms with Crippen molar-refractivity contribution in [3.63, 3.8) is 0 Å². The standard InChI is InChI=1S/C45H57F2N5O8/c1-4-5-6-7-8-9-10-11-12-13-14-15-38(53)49-34-20-16-31(17-21-34)24-40(54)60-43-41-45(57)51-28-35(26-39(58-3)50-59-23-22-30(51)2)52(41)29-36(42(43)55)44(56)48-27-32-18-19-33(46)25-37(32)47/h16-21,25,29-30,35H,4-15,22-24,26-28H2,1-3H3,(H,48,56)(H,49,53)/b50-39+/t30-,35-/m0/s1. The van der Waals surface area contributed by atoms with Crippen molar-refractivity contribution < 1.29 is 42.3 Å². The molecule has 3 aromatic rings. The molecule has 2 aromatic carbocycles. The molecule has 0 unspecified atom stereocenters. The predicted molar refractivity (Wildman–Crippen MR) is 223 cm³/mol. The molecule has 1 aromatic heterocycles. The zero-order chi connectivity index (χ0) is 43.0. The molecule has 2 aliphatic heterocycles. The number of nitrogens with one attached hydrogen (secondary N) is 2. The summed E-state index contributed by atoms with van der Waals surface area (Å²) in [4.78, 5) is 75.0. The maximum Gasteiger partial charge on any atom is 0.315 e. The fourth-order valence-corrected chi connectivity index (χ4v) is 7.43. The van der Waals surface area contributed by atoms with Crippen molar-refractivity contribution in [2.45, 2.75) is 129 Å². The van der Waals surface area contributed by atoms with E-state index in [2.05, 4.69) is 22.7 Å². The first-order chi connectivity index (χ1) is 29.0. The molecular formula is C45H57F2N5O8. The lowest BCUT2D eigenvalue weighted by Crippen LogP contribution is -2.50. The normalized spacial score (nSPS) is 17.1. The highest BCUT2D eigenvalue weighted by atomic mass is 19.1. The maximum atomic E-state index is 14.4. The molecule has 0 saturated heterocycles. The van der Waals surface area contributed by atoms with Crippen molar-refractivity contribution in [3.8, 4) is 5.75 Å². The van der Waals surface area contributed by atoms with Gasteiger partial charge in [0.25, 0.3) is 11.8 Å². The van der Waals surface area contributed by atoms with E-state index in [1.54, 1.807) is 29.2 Å². The lowest BCUT2D eigenvalue weighted by atomic mass is 10.0.